The Hall–Kier alpha value is -1.96. The minimum atomic E-state index is 0.811. The number of ether oxygens (including phenoxy) is 2. The third-order valence-corrected chi connectivity index (χ3v) is 8.84. The first-order valence-corrected chi connectivity index (χ1v) is 18.8. The molecular formula is C41H68O2. The van der Waals surface area contributed by atoms with Crippen molar-refractivity contribution < 1.29 is 9.47 Å². The first-order chi connectivity index (χ1) is 21.3. The number of unbranched alkanes of at least 4 members (excludes halogenated alkanes) is 22. The average Bonchev–Trinajstić information content (AvgIpc) is 3.03. The average molecular weight is 593 g/mol. The van der Waals surface area contributed by atoms with Crippen LogP contribution in [0, 0.1) is 0 Å². The van der Waals surface area contributed by atoms with E-state index < -0.39 is 0 Å². The third-order valence-electron chi connectivity index (χ3n) is 8.84. The van der Waals surface area contributed by atoms with Gasteiger partial charge in [-0.15, -0.1) is 0 Å². The molecule has 2 rings (SSSR count). The molecule has 0 aliphatic carbocycles. The minimum absolute atomic E-state index is 0.811. The topological polar surface area (TPSA) is 18.5 Å². The highest BCUT2D eigenvalue weighted by atomic mass is 16.5. The minimum Gasteiger partial charge on any atom is -0.493 e. The van der Waals surface area contributed by atoms with Crippen LogP contribution >= 0.6 is 0 Å². The molecule has 0 fully saturated rings. The summed E-state index contributed by atoms with van der Waals surface area (Å²) in [7, 11) is 0. The number of hydrogen-bond acceptors (Lipinski definition) is 2. The molecule has 0 unspecified atom stereocenters. The van der Waals surface area contributed by atoms with Gasteiger partial charge >= 0.3 is 0 Å². The highest BCUT2D eigenvalue weighted by Crippen LogP contribution is 2.27. The number of hydrogen-bond donors (Lipinski definition) is 0. The molecule has 2 aromatic rings. The second-order valence-electron chi connectivity index (χ2n) is 12.9. The SMILES string of the molecule is CCCCCCCCCCCCCCOc1ccccc1Cc1ccccc1OCCCCCCCCCCCCCC. The summed E-state index contributed by atoms with van der Waals surface area (Å²) in [6.45, 7) is 6.21. The lowest BCUT2D eigenvalue weighted by atomic mass is 10.0. The molecule has 0 aliphatic rings. The van der Waals surface area contributed by atoms with Crippen LogP contribution in [0.4, 0.5) is 0 Å². The van der Waals surface area contributed by atoms with Crippen molar-refractivity contribution in [2.24, 2.45) is 0 Å². The standard InChI is InChI=1S/C41H68O2/c1-3-5-7-9-11-13-15-17-19-21-23-29-35-42-40-33-27-25-31-38(40)37-39-32-26-28-34-41(39)43-36-30-24-22-20-18-16-14-12-10-8-6-4-2/h25-28,31-34H,3-24,29-30,35-37H2,1-2H3. The largest absolute Gasteiger partial charge is 0.493 e. The van der Waals surface area contributed by atoms with E-state index in [4.69, 9.17) is 9.47 Å². The summed E-state index contributed by atoms with van der Waals surface area (Å²) in [5, 5.41) is 0. The molecule has 0 saturated carbocycles. The predicted molar refractivity (Wildman–Crippen MR) is 189 cm³/mol. The Morgan fingerprint density at radius 3 is 0.953 bits per heavy atom. The van der Waals surface area contributed by atoms with Gasteiger partial charge in [0.1, 0.15) is 11.5 Å². The summed E-state index contributed by atoms with van der Waals surface area (Å²) in [6.07, 6.45) is 33.7. The van der Waals surface area contributed by atoms with E-state index in [9.17, 15) is 0 Å². The Morgan fingerprint density at radius 1 is 0.349 bits per heavy atom. The number of rotatable bonds is 30. The fraction of sp³-hybridized carbons (Fsp3) is 0.707. The van der Waals surface area contributed by atoms with Gasteiger partial charge < -0.3 is 9.47 Å². The molecule has 0 amide bonds. The Balaban J connectivity index is 1.57. The molecule has 0 radical (unpaired) electrons. The van der Waals surface area contributed by atoms with Crippen LogP contribution in [0.5, 0.6) is 11.5 Å². The Labute approximate surface area is 267 Å². The molecule has 0 heterocycles. The van der Waals surface area contributed by atoms with Crippen molar-refractivity contribution in [1.82, 2.24) is 0 Å². The van der Waals surface area contributed by atoms with E-state index in [1.807, 2.05) is 0 Å². The van der Waals surface area contributed by atoms with Gasteiger partial charge in [0, 0.05) is 6.42 Å². The third kappa shape index (κ3) is 19.8. The molecule has 0 bridgehead atoms. The van der Waals surface area contributed by atoms with Gasteiger partial charge in [-0.2, -0.15) is 0 Å². The first-order valence-electron chi connectivity index (χ1n) is 18.8. The van der Waals surface area contributed by atoms with Crippen molar-refractivity contribution in [2.75, 3.05) is 13.2 Å². The molecule has 2 nitrogen and oxygen atoms in total. The molecule has 0 N–H and O–H groups in total. The van der Waals surface area contributed by atoms with Crippen molar-refractivity contribution in [2.45, 2.75) is 174 Å². The molecule has 0 atom stereocenters. The van der Waals surface area contributed by atoms with Crippen molar-refractivity contribution in [1.29, 1.82) is 0 Å². The molecule has 0 aromatic heterocycles. The molecule has 2 aromatic carbocycles. The quantitative estimate of drug-likeness (QED) is 0.0840. The highest BCUT2D eigenvalue weighted by Gasteiger charge is 2.09. The molecular weight excluding hydrogens is 524 g/mol. The predicted octanol–water partition coefficient (Wildman–Crippen LogP) is 13.4. The summed E-state index contributed by atoms with van der Waals surface area (Å²) >= 11 is 0. The Bertz CT molecular complexity index is 804. The fourth-order valence-electron chi connectivity index (χ4n) is 6.04. The summed E-state index contributed by atoms with van der Waals surface area (Å²) < 4.78 is 12.6. The zero-order valence-electron chi connectivity index (χ0n) is 28.5. The Kier molecular flexibility index (Phi) is 23.9. The molecule has 0 aliphatic heterocycles. The monoisotopic (exact) mass is 593 g/mol. The van der Waals surface area contributed by atoms with Gasteiger partial charge in [-0.3, -0.25) is 0 Å². The summed E-state index contributed by atoms with van der Waals surface area (Å²) in [4.78, 5) is 0. The molecule has 2 heteroatoms. The second kappa shape index (κ2) is 27.6. The maximum absolute atomic E-state index is 6.28. The molecule has 43 heavy (non-hydrogen) atoms. The van der Waals surface area contributed by atoms with Gasteiger partial charge in [0.2, 0.25) is 0 Å². The lowest BCUT2D eigenvalue weighted by Gasteiger charge is -2.14. The summed E-state index contributed by atoms with van der Waals surface area (Å²) in [5.41, 5.74) is 2.51. The summed E-state index contributed by atoms with van der Waals surface area (Å²) in [6, 6.07) is 17.1. The first kappa shape index (κ1) is 37.2. The zero-order valence-corrected chi connectivity index (χ0v) is 28.5. The molecule has 0 saturated heterocycles. The van der Waals surface area contributed by atoms with Gasteiger partial charge in [-0.05, 0) is 36.1 Å². The molecule has 0 spiro atoms. The normalized spacial score (nSPS) is 11.2. The van der Waals surface area contributed by atoms with Crippen LogP contribution in [0.3, 0.4) is 0 Å². The number of benzene rings is 2. The van der Waals surface area contributed by atoms with Gasteiger partial charge in [0.15, 0.2) is 0 Å². The zero-order chi connectivity index (χ0) is 30.5. The van der Waals surface area contributed by atoms with Crippen molar-refractivity contribution >= 4 is 0 Å². The van der Waals surface area contributed by atoms with E-state index in [0.29, 0.717) is 0 Å². The van der Waals surface area contributed by atoms with Gasteiger partial charge in [0.25, 0.3) is 0 Å². The van der Waals surface area contributed by atoms with Crippen LogP contribution in [0.25, 0.3) is 0 Å². The van der Waals surface area contributed by atoms with Crippen LogP contribution in [0.2, 0.25) is 0 Å². The van der Waals surface area contributed by atoms with Crippen LogP contribution in [0.15, 0.2) is 48.5 Å². The van der Waals surface area contributed by atoms with Gasteiger partial charge in [-0.1, -0.05) is 192 Å². The van der Waals surface area contributed by atoms with Crippen molar-refractivity contribution in [3.63, 3.8) is 0 Å². The van der Waals surface area contributed by atoms with E-state index >= 15 is 0 Å². The fourth-order valence-corrected chi connectivity index (χ4v) is 6.04. The smallest absolute Gasteiger partial charge is 0.122 e. The lowest BCUT2D eigenvalue weighted by molar-refractivity contribution is 0.298. The Morgan fingerprint density at radius 2 is 0.628 bits per heavy atom. The van der Waals surface area contributed by atoms with E-state index in [1.54, 1.807) is 0 Å². The second-order valence-corrected chi connectivity index (χ2v) is 12.9. The highest BCUT2D eigenvalue weighted by molar-refractivity contribution is 5.42. The number of para-hydroxylation sites is 2. The van der Waals surface area contributed by atoms with Crippen LogP contribution in [0.1, 0.15) is 179 Å². The van der Waals surface area contributed by atoms with Crippen molar-refractivity contribution in [3.05, 3.63) is 59.7 Å². The summed E-state index contributed by atoms with van der Waals surface area (Å²) in [5.74, 6) is 2.06. The van der Waals surface area contributed by atoms with Gasteiger partial charge in [0.05, 0.1) is 13.2 Å². The molecule has 244 valence electrons. The van der Waals surface area contributed by atoms with Crippen LogP contribution in [-0.4, -0.2) is 13.2 Å². The maximum atomic E-state index is 6.28. The van der Waals surface area contributed by atoms with Crippen LogP contribution in [-0.2, 0) is 6.42 Å². The van der Waals surface area contributed by atoms with E-state index in [-0.39, 0.29) is 0 Å². The van der Waals surface area contributed by atoms with Crippen molar-refractivity contribution in [3.8, 4) is 11.5 Å². The van der Waals surface area contributed by atoms with E-state index in [1.165, 1.54) is 152 Å². The lowest BCUT2D eigenvalue weighted by Crippen LogP contribution is -2.03. The van der Waals surface area contributed by atoms with Crippen LogP contribution < -0.4 is 9.47 Å². The van der Waals surface area contributed by atoms with Gasteiger partial charge in [-0.25, -0.2) is 0 Å². The van der Waals surface area contributed by atoms with E-state index in [0.717, 1.165) is 44.0 Å². The van der Waals surface area contributed by atoms with E-state index in [2.05, 4.69) is 62.4 Å². The maximum Gasteiger partial charge on any atom is 0.122 e.